The van der Waals surface area contributed by atoms with E-state index in [9.17, 15) is 0 Å². The summed E-state index contributed by atoms with van der Waals surface area (Å²) in [7, 11) is 0. The van der Waals surface area contributed by atoms with E-state index in [-0.39, 0.29) is 6.01 Å². The van der Waals surface area contributed by atoms with Gasteiger partial charge in [0.25, 0.3) is 5.89 Å². The van der Waals surface area contributed by atoms with Gasteiger partial charge in [0, 0.05) is 18.0 Å². The van der Waals surface area contributed by atoms with E-state index in [4.69, 9.17) is 18.3 Å². The van der Waals surface area contributed by atoms with Crippen LogP contribution in [0.25, 0.3) is 11.5 Å². The largest absolute Gasteiger partial charge is 0.486 e. The van der Waals surface area contributed by atoms with Crippen molar-refractivity contribution >= 4 is 17.5 Å². The number of hydrogen-bond donors (Lipinski definition) is 2. The lowest BCUT2D eigenvalue weighted by Crippen LogP contribution is -2.15. The van der Waals surface area contributed by atoms with Gasteiger partial charge in [-0.05, 0) is 36.4 Å². The molecular formula is C20H17N5O4. The summed E-state index contributed by atoms with van der Waals surface area (Å²) < 4.78 is 22.2. The first-order valence-corrected chi connectivity index (χ1v) is 9.07. The number of nitrogens with zero attached hydrogens (tertiary/aromatic N) is 3. The molecule has 5 rings (SSSR count). The highest BCUT2D eigenvalue weighted by Crippen LogP contribution is 2.34. The second-order valence-corrected chi connectivity index (χ2v) is 6.23. The number of ether oxygens (including phenoxy) is 2. The number of aromatic nitrogens is 3. The predicted octanol–water partition coefficient (Wildman–Crippen LogP) is 3.85. The average Bonchev–Trinajstić information content (AvgIpc) is 3.45. The first kappa shape index (κ1) is 17.1. The highest BCUT2D eigenvalue weighted by molar-refractivity contribution is 5.69. The quantitative estimate of drug-likeness (QED) is 0.506. The van der Waals surface area contributed by atoms with Crippen LogP contribution >= 0.6 is 0 Å². The van der Waals surface area contributed by atoms with Gasteiger partial charge >= 0.3 is 6.01 Å². The van der Waals surface area contributed by atoms with Crippen molar-refractivity contribution in [3.8, 4) is 23.0 Å². The Morgan fingerprint density at radius 3 is 2.79 bits per heavy atom. The van der Waals surface area contributed by atoms with Crippen LogP contribution in [0.4, 0.5) is 17.5 Å². The van der Waals surface area contributed by atoms with Gasteiger partial charge in [-0.15, -0.1) is 5.10 Å². The number of fused-ring (bicyclic) bond motifs is 1. The standard InChI is InChI=1S/C20H17N5O4/c1-4-15(18(21-7-1)22-12-14-3-2-8-26-14)19-24-25-20(29-19)23-13-5-6-16-17(11-13)28-10-9-27-16/h1-8,11H,9-10,12H2,(H,21,22)(H,23,25). The monoisotopic (exact) mass is 391 g/mol. The molecule has 1 aliphatic rings. The number of anilines is 3. The fourth-order valence-corrected chi connectivity index (χ4v) is 2.93. The smallest absolute Gasteiger partial charge is 0.320 e. The van der Waals surface area contributed by atoms with E-state index >= 15 is 0 Å². The molecule has 2 N–H and O–H groups in total. The lowest BCUT2D eigenvalue weighted by molar-refractivity contribution is 0.171. The molecule has 4 heterocycles. The molecule has 0 bridgehead atoms. The van der Waals surface area contributed by atoms with Crippen molar-refractivity contribution in [2.75, 3.05) is 23.8 Å². The van der Waals surface area contributed by atoms with Gasteiger partial charge in [-0.2, -0.15) is 0 Å². The molecule has 1 aliphatic heterocycles. The highest BCUT2D eigenvalue weighted by Gasteiger charge is 2.16. The molecule has 0 radical (unpaired) electrons. The Hall–Kier alpha value is -4.01. The zero-order valence-corrected chi connectivity index (χ0v) is 15.3. The summed E-state index contributed by atoms with van der Waals surface area (Å²) in [5, 5.41) is 14.5. The van der Waals surface area contributed by atoms with Crippen molar-refractivity contribution in [2.24, 2.45) is 0 Å². The Balaban J connectivity index is 1.34. The van der Waals surface area contributed by atoms with Crippen molar-refractivity contribution in [3.05, 3.63) is 60.7 Å². The number of pyridine rings is 1. The summed E-state index contributed by atoms with van der Waals surface area (Å²) >= 11 is 0. The Labute approximate surface area is 165 Å². The van der Waals surface area contributed by atoms with Crippen molar-refractivity contribution in [2.45, 2.75) is 6.54 Å². The minimum atomic E-state index is 0.262. The van der Waals surface area contributed by atoms with Crippen LogP contribution in [0.15, 0.2) is 63.8 Å². The second kappa shape index (κ2) is 7.55. The predicted molar refractivity (Wildman–Crippen MR) is 104 cm³/mol. The maximum atomic E-state index is 5.79. The fourth-order valence-electron chi connectivity index (χ4n) is 2.93. The number of hydrogen-bond acceptors (Lipinski definition) is 9. The molecule has 146 valence electrons. The molecule has 3 aromatic heterocycles. The highest BCUT2D eigenvalue weighted by atomic mass is 16.6. The zero-order valence-electron chi connectivity index (χ0n) is 15.3. The van der Waals surface area contributed by atoms with E-state index < -0.39 is 0 Å². The topological polar surface area (TPSA) is 107 Å². The Morgan fingerprint density at radius 1 is 0.966 bits per heavy atom. The average molecular weight is 391 g/mol. The minimum Gasteiger partial charge on any atom is -0.486 e. The Morgan fingerprint density at radius 2 is 1.90 bits per heavy atom. The summed E-state index contributed by atoms with van der Waals surface area (Å²) in [6.45, 7) is 1.57. The maximum Gasteiger partial charge on any atom is 0.320 e. The van der Waals surface area contributed by atoms with Crippen LogP contribution in [-0.2, 0) is 6.54 Å². The zero-order chi connectivity index (χ0) is 19.5. The van der Waals surface area contributed by atoms with Crippen LogP contribution in [-0.4, -0.2) is 28.4 Å². The van der Waals surface area contributed by atoms with Crippen LogP contribution in [0.1, 0.15) is 5.76 Å². The van der Waals surface area contributed by atoms with E-state index in [0.29, 0.717) is 42.8 Å². The first-order chi connectivity index (χ1) is 14.3. The third kappa shape index (κ3) is 3.70. The van der Waals surface area contributed by atoms with Crippen molar-refractivity contribution in [1.82, 2.24) is 15.2 Å². The Kier molecular flexibility index (Phi) is 4.45. The van der Waals surface area contributed by atoms with E-state index in [0.717, 1.165) is 17.2 Å². The lowest BCUT2D eigenvalue weighted by atomic mass is 10.2. The second-order valence-electron chi connectivity index (χ2n) is 6.23. The summed E-state index contributed by atoms with van der Waals surface area (Å²) in [5.74, 6) is 3.17. The molecule has 0 aliphatic carbocycles. The fraction of sp³-hybridized carbons (Fsp3) is 0.150. The van der Waals surface area contributed by atoms with Gasteiger partial charge in [-0.3, -0.25) is 0 Å². The van der Waals surface area contributed by atoms with Crippen LogP contribution in [0.3, 0.4) is 0 Å². The molecule has 0 amide bonds. The molecule has 0 unspecified atom stereocenters. The first-order valence-electron chi connectivity index (χ1n) is 9.07. The minimum absolute atomic E-state index is 0.262. The van der Waals surface area contributed by atoms with Gasteiger partial charge in [0.1, 0.15) is 24.8 Å². The van der Waals surface area contributed by atoms with Crippen LogP contribution in [0.5, 0.6) is 11.5 Å². The summed E-state index contributed by atoms with van der Waals surface area (Å²) in [6.07, 6.45) is 3.32. The SMILES string of the molecule is c1coc(CNc2ncccc2-c2nnc(Nc3ccc4c(c3)OCCO4)o2)c1. The molecule has 9 nitrogen and oxygen atoms in total. The molecule has 9 heteroatoms. The molecule has 0 spiro atoms. The Bertz CT molecular complexity index is 1110. The van der Waals surface area contributed by atoms with E-state index in [1.165, 1.54) is 0 Å². The molecule has 1 aromatic carbocycles. The normalized spacial score (nSPS) is 12.6. The van der Waals surface area contributed by atoms with Gasteiger partial charge in [0.15, 0.2) is 11.5 Å². The van der Waals surface area contributed by atoms with Gasteiger partial charge in [-0.25, -0.2) is 4.98 Å². The van der Waals surface area contributed by atoms with E-state index in [1.54, 1.807) is 12.5 Å². The molecule has 29 heavy (non-hydrogen) atoms. The van der Waals surface area contributed by atoms with Gasteiger partial charge in [0.05, 0.1) is 18.4 Å². The van der Waals surface area contributed by atoms with Crippen LogP contribution in [0.2, 0.25) is 0 Å². The van der Waals surface area contributed by atoms with Gasteiger partial charge < -0.3 is 28.9 Å². The van der Waals surface area contributed by atoms with Crippen LogP contribution in [0, 0.1) is 0 Å². The van der Waals surface area contributed by atoms with Crippen molar-refractivity contribution in [3.63, 3.8) is 0 Å². The number of rotatable bonds is 6. The molecule has 4 aromatic rings. The molecule has 0 saturated heterocycles. The van der Waals surface area contributed by atoms with E-state index in [2.05, 4.69) is 25.8 Å². The number of nitrogens with one attached hydrogen (secondary N) is 2. The number of benzene rings is 1. The van der Waals surface area contributed by atoms with Crippen molar-refractivity contribution < 1.29 is 18.3 Å². The molecule has 0 saturated carbocycles. The molecule has 0 atom stereocenters. The van der Waals surface area contributed by atoms with Gasteiger partial charge in [0.2, 0.25) is 0 Å². The van der Waals surface area contributed by atoms with Crippen LogP contribution < -0.4 is 20.1 Å². The number of furan rings is 1. The van der Waals surface area contributed by atoms with E-state index in [1.807, 2.05) is 42.5 Å². The summed E-state index contributed by atoms with van der Waals surface area (Å²) in [5.41, 5.74) is 1.45. The summed E-state index contributed by atoms with van der Waals surface area (Å²) in [6, 6.07) is 13.2. The van der Waals surface area contributed by atoms with Crippen molar-refractivity contribution in [1.29, 1.82) is 0 Å². The van der Waals surface area contributed by atoms with Gasteiger partial charge in [-0.1, -0.05) is 5.10 Å². The third-order valence-electron chi connectivity index (χ3n) is 4.27. The molecule has 0 fully saturated rings. The molecular weight excluding hydrogens is 374 g/mol. The summed E-state index contributed by atoms with van der Waals surface area (Å²) in [4.78, 5) is 4.36. The lowest BCUT2D eigenvalue weighted by Gasteiger charge is -2.18. The maximum absolute atomic E-state index is 5.79. The third-order valence-corrected chi connectivity index (χ3v) is 4.27.